The Morgan fingerprint density at radius 3 is 2.56 bits per heavy atom. The normalized spacial score (nSPS) is 11.8. The highest BCUT2D eigenvalue weighted by Crippen LogP contribution is 2.21. The largest absolute Gasteiger partial charge is 0.449 e. The minimum absolute atomic E-state index is 0.00713. The highest BCUT2D eigenvalue weighted by molar-refractivity contribution is 6.30. The predicted octanol–water partition coefficient (Wildman–Crippen LogP) is 3.97. The zero-order valence-electron chi connectivity index (χ0n) is 14.0. The van der Waals surface area contributed by atoms with Gasteiger partial charge in [-0.1, -0.05) is 23.7 Å². The van der Waals surface area contributed by atoms with Gasteiger partial charge in [0.1, 0.15) is 0 Å². The van der Waals surface area contributed by atoms with Crippen molar-refractivity contribution in [2.45, 2.75) is 13.0 Å². The van der Waals surface area contributed by atoms with E-state index in [0.717, 1.165) is 24.3 Å². The lowest BCUT2D eigenvalue weighted by Crippen LogP contribution is -2.29. The Morgan fingerprint density at radius 2 is 1.93 bits per heavy atom. The number of nitro groups is 1. The van der Waals surface area contributed by atoms with Crippen LogP contribution in [0, 0.1) is 15.9 Å². The molecule has 0 saturated carbocycles. The van der Waals surface area contributed by atoms with Crippen molar-refractivity contribution < 1.29 is 23.6 Å². The molecule has 0 bridgehead atoms. The summed E-state index contributed by atoms with van der Waals surface area (Å²) in [6.07, 6.45) is 1.47. The zero-order valence-corrected chi connectivity index (χ0v) is 14.8. The second-order valence-electron chi connectivity index (χ2n) is 5.38. The average molecular weight is 393 g/mol. The van der Waals surface area contributed by atoms with Crippen LogP contribution in [0.15, 0.2) is 48.5 Å². The lowest BCUT2D eigenvalue weighted by Gasteiger charge is -2.12. The fraction of sp³-hybridized carbons (Fsp3) is 0.111. The maximum absolute atomic E-state index is 13.3. The molecule has 1 amide bonds. The van der Waals surface area contributed by atoms with Crippen LogP contribution in [0.1, 0.15) is 12.5 Å². The molecule has 1 N–H and O–H groups in total. The molecule has 140 valence electrons. The number of nitro benzene ring substituents is 1. The summed E-state index contributed by atoms with van der Waals surface area (Å²) in [6.45, 7) is 1.33. The van der Waals surface area contributed by atoms with E-state index in [1.807, 2.05) is 0 Å². The predicted molar refractivity (Wildman–Crippen MR) is 97.7 cm³/mol. The number of hydrogen-bond donors (Lipinski definition) is 1. The highest BCUT2D eigenvalue weighted by atomic mass is 35.5. The number of nitrogens with one attached hydrogen (secondary N) is 1. The molecular formula is C18H14ClFN2O5. The number of halogens is 2. The van der Waals surface area contributed by atoms with E-state index in [2.05, 4.69) is 5.32 Å². The molecule has 2 aromatic rings. The van der Waals surface area contributed by atoms with Crippen LogP contribution in [-0.4, -0.2) is 22.9 Å². The minimum Gasteiger partial charge on any atom is -0.449 e. The third-order valence-electron chi connectivity index (χ3n) is 3.35. The first-order chi connectivity index (χ1) is 12.8. The number of carbonyl (C=O) groups excluding carboxylic acids is 2. The number of amides is 1. The third-order valence-corrected chi connectivity index (χ3v) is 3.61. The Bertz CT molecular complexity index is 899. The summed E-state index contributed by atoms with van der Waals surface area (Å²) in [7, 11) is 0. The summed E-state index contributed by atoms with van der Waals surface area (Å²) < 4.78 is 18.3. The van der Waals surface area contributed by atoms with Crippen molar-refractivity contribution in [1.29, 1.82) is 0 Å². The molecule has 1 atom stereocenters. The van der Waals surface area contributed by atoms with Gasteiger partial charge in [0.05, 0.1) is 4.92 Å². The summed E-state index contributed by atoms with van der Waals surface area (Å²) >= 11 is 5.76. The van der Waals surface area contributed by atoms with Gasteiger partial charge in [-0.3, -0.25) is 14.9 Å². The zero-order chi connectivity index (χ0) is 20.0. The molecule has 2 rings (SSSR count). The van der Waals surface area contributed by atoms with Gasteiger partial charge in [0.2, 0.25) is 5.82 Å². The number of anilines is 1. The van der Waals surface area contributed by atoms with Crippen molar-refractivity contribution in [1.82, 2.24) is 0 Å². The van der Waals surface area contributed by atoms with Crippen molar-refractivity contribution >= 4 is 40.9 Å². The number of rotatable bonds is 6. The number of carbonyl (C=O) groups is 2. The Labute approximate surface area is 158 Å². The van der Waals surface area contributed by atoms with E-state index in [0.29, 0.717) is 10.6 Å². The highest BCUT2D eigenvalue weighted by Gasteiger charge is 2.19. The van der Waals surface area contributed by atoms with Crippen LogP contribution < -0.4 is 5.32 Å². The molecule has 0 aliphatic rings. The lowest BCUT2D eigenvalue weighted by atomic mass is 10.2. The van der Waals surface area contributed by atoms with Crippen molar-refractivity contribution in [3.05, 3.63) is 75.1 Å². The van der Waals surface area contributed by atoms with E-state index in [1.165, 1.54) is 13.0 Å². The summed E-state index contributed by atoms with van der Waals surface area (Å²) in [5.74, 6) is -2.49. The summed E-state index contributed by atoms with van der Waals surface area (Å²) in [5, 5.41) is 13.6. The number of nitrogens with zero attached hydrogens (tertiary/aromatic N) is 1. The van der Waals surface area contributed by atoms with E-state index in [-0.39, 0.29) is 5.69 Å². The Morgan fingerprint density at radius 1 is 1.26 bits per heavy atom. The van der Waals surface area contributed by atoms with Crippen LogP contribution in [-0.2, 0) is 14.3 Å². The molecule has 0 heterocycles. The third kappa shape index (κ3) is 5.89. The topological polar surface area (TPSA) is 98.5 Å². The second kappa shape index (κ2) is 8.91. The molecular weight excluding hydrogens is 379 g/mol. The summed E-state index contributed by atoms with van der Waals surface area (Å²) in [4.78, 5) is 33.6. The van der Waals surface area contributed by atoms with Crippen LogP contribution in [0.4, 0.5) is 15.8 Å². The molecule has 0 unspecified atom stereocenters. The fourth-order valence-electron chi connectivity index (χ4n) is 1.98. The number of benzene rings is 2. The van der Waals surface area contributed by atoms with Crippen molar-refractivity contribution in [2.24, 2.45) is 0 Å². The monoisotopic (exact) mass is 392 g/mol. The molecule has 0 aromatic heterocycles. The molecule has 9 heteroatoms. The summed E-state index contributed by atoms with van der Waals surface area (Å²) in [6, 6.07) is 9.61. The van der Waals surface area contributed by atoms with Crippen molar-refractivity contribution in [3.8, 4) is 0 Å². The number of esters is 1. The van der Waals surface area contributed by atoms with Crippen molar-refractivity contribution in [2.75, 3.05) is 5.32 Å². The van der Waals surface area contributed by atoms with Gasteiger partial charge in [-0.05, 0) is 42.8 Å². The Kier molecular flexibility index (Phi) is 6.62. The first-order valence-electron chi connectivity index (χ1n) is 7.65. The van der Waals surface area contributed by atoms with Crippen LogP contribution in [0.25, 0.3) is 6.08 Å². The van der Waals surface area contributed by atoms with Crippen LogP contribution >= 0.6 is 11.6 Å². The van der Waals surface area contributed by atoms with Crippen molar-refractivity contribution in [3.63, 3.8) is 0 Å². The SMILES string of the molecule is C[C@@H](OC(=O)/C=C/c1ccc(Cl)cc1)C(=O)Nc1ccc(F)c([N+](=O)[O-])c1. The van der Waals surface area contributed by atoms with Crippen LogP contribution in [0.5, 0.6) is 0 Å². The first-order valence-corrected chi connectivity index (χ1v) is 8.03. The molecule has 0 aliphatic heterocycles. The van der Waals surface area contributed by atoms with E-state index < -0.39 is 34.4 Å². The van der Waals surface area contributed by atoms with Gasteiger partial charge >= 0.3 is 11.7 Å². The maximum Gasteiger partial charge on any atom is 0.331 e. The Balaban J connectivity index is 1.95. The Hall–Kier alpha value is -3.26. The van der Waals surface area contributed by atoms with Crippen LogP contribution in [0.2, 0.25) is 5.02 Å². The average Bonchev–Trinajstić information content (AvgIpc) is 2.62. The van der Waals surface area contributed by atoms with Gasteiger partial charge in [-0.15, -0.1) is 0 Å². The molecule has 0 saturated heterocycles. The first kappa shape index (κ1) is 20.1. The second-order valence-corrected chi connectivity index (χ2v) is 5.81. The summed E-state index contributed by atoms with van der Waals surface area (Å²) in [5.41, 5.74) is -0.0527. The molecule has 7 nitrogen and oxygen atoms in total. The molecule has 0 aliphatic carbocycles. The number of hydrogen-bond acceptors (Lipinski definition) is 5. The lowest BCUT2D eigenvalue weighted by molar-refractivity contribution is -0.387. The van der Waals surface area contributed by atoms with Gasteiger partial charge in [-0.2, -0.15) is 4.39 Å². The molecule has 0 fully saturated rings. The van der Waals surface area contributed by atoms with E-state index in [1.54, 1.807) is 24.3 Å². The maximum atomic E-state index is 13.3. The minimum atomic E-state index is -1.17. The van der Waals surface area contributed by atoms with E-state index in [4.69, 9.17) is 16.3 Å². The van der Waals surface area contributed by atoms with Gasteiger partial charge in [0.25, 0.3) is 5.91 Å². The van der Waals surface area contributed by atoms with Gasteiger partial charge in [-0.25, -0.2) is 4.79 Å². The molecule has 0 spiro atoms. The molecule has 27 heavy (non-hydrogen) atoms. The van der Waals surface area contributed by atoms with E-state index >= 15 is 0 Å². The van der Waals surface area contributed by atoms with E-state index in [9.17, 15) is 24.1 Å². The number of ether oxygens (including phenoxy) is 1. The smallest absolute Gasteiger partial charge is 0.331 e. The molecule has 0 radical (unpaired) electrons. The quantitative estimate of drug-likeness (QED) is 0.347. The van der Waals surface area contributed by atoms with Gasteiger partial charge < -0.3 is 10.1 Å². The standard InChI is InChI=1S/C18H14ClFN2O5/c1-11(27-17(23)9-4-12-2-5-13(19)6-3-12)18(24)21-14-7-8-15(20)16(10-14)22(25)26/h2-11H,1H3,(H,21,24)/b9-4+/t11-/m1/s1. The fourth-order valence-corrected chi connectivity index (χ4v) is 2.11. The van der Waals surface area contributed by atoms with Gasteiger partial charge in [0, 0.05) is 22.9 Å². The van der Waals surface area contributed by atoms with Gasteiger partial charge in [0.15, 0.2) is 6.10 Å². The molecule has 2 aromatic carbocycles. The van der Waals surface area contributed by atoms with Crippen LogP contribution in [0.3, 0.4) is 0 Å².